The van der Waals surface area contributed by atoms with E-state index in [-0.39, 0.29) is 17.2 Å². The highest BCUT2D eigenvalue weighted by atomic mass is 32.2. The van der Waals surface area contributed by atoms with Crippen molar-refractivity contribution in [3.8, 4) is 0 Å². The molecule has 1 aromatic carbocycles. The van der Waals surface area contributed by atoms with Crippen LogP contribution in [0.15, 0.2) is 35.4 Å². The van der Waals surface area contributed by atoms with Crippen molar-refractivity contribution in [2.45, 2.75) is 10.6 Å². The van der Waals surface area contributed by atoms with E-state index in [1.807, 2.05) is 0 Å². The number of aromatic nitrogens is 2. The van der Waals surface area contributed by atoms with E-state index in [1.165, 1.54) is 30.1 Å². The van der Waals surface area contributed by atoms with Gasteiger partial charge in [0.15, 0.2) is 0 Å². The zero-order valence-electron chi connectivity index (χ0n) is 9.71. The summed E-state index contributed by atoms with van der Waals surface area (Å²) in [4.78, 5) is 19.5. The molecule has 7 heteroatoms. The molecule has 0 amide bonds. The Morgan fingerprint density at radius 3 is 2.63 bits per heavy atom. The Morgan fingerprint density at radius 1 is 1.37 bits per heavy atom. The number of nitrogens with zero attached hydrogens (tertiary/aromatic N) is 2. The molecule has 1 aromatic heterocycles. The SMILES string of the molecule is Nc1nc(CSc2ccc(F)cc2)ncc1C(=O)O. The quantitative estimate of drug-likeness (QED) is 0.834. The van der Waals surface area contributed by atoms with Gasteiger partial charge in [-0.25, -0.2) is 19.2 Å². The third-order valence-corrected chi connectivity index (χ3v) is 3.29. The number of nitrogens with two attached hydrogens (primary N) is 1. The van der Waals surface area contributed by atoms with Gasteiger partial charge in [0.2, 0.25) is 0 Å². The molecule has 0 atom stereocenters. The molecule has 3 N–H and O–H groups in total. The highest BCUT2D eigenvalue weighted by molar-refractivity contribution is 7.98. The Kier molecular flexibility index (Phi) is 3.96. The number of hydrogen-bond donors (Lipinski definition) is 2. The Labute approximate surface area is 112 Å². The lowest BCUT2D eigenvalue weighted by Gasteiger charge is -2.03. The van der Waals surface area contributed by atoms with E-state index >= 15 is 0 Å². The van der Waals surface area contributed by atoms with E-state index in [1.54, 1.807) is 12.1 Å². The molecule has 0 radical (unpaired) electrons. The van der Waals surface area contributed by atoms with Gasteiger partial charge in [-0.1, -0.05) is 0 Å². The number of benzene rings is 1. The van der Waals surface area contributed by atoms with Gasteiger partial charge in [-0.3, -0.25) is 0 Å². The molecular weight excluding hydrogens is 269 g/mol. The second-order valence-electron chi connectivity index (χ2n) is 3.63. The topological polar surface area (TPSA) is 89.1 Å². The highest BCUT2D eigenvalue weighted by Gasteiger charge is 2.10. The maximum atomic E-state index is 12.7. The first-order valence-corrected chi connectivity index (χ1v) is 6.28. The van der Waals surface area contributed by atoms with Crippen molar-refractivity contribution in [2.75, 3.05) is 5.73 Å². The summed E-state index contributed by atoms with van der Waals surface area (Å²) in [7, 11) is 0. The number of carboxylic acid groups (broad SMARTS) is 1. The van der Waals surface area contributed by atoms with Gasteiger partial charge in [-0.05, 0) is 24.3 Å². The average Bonchev–Trinajstić information content (AvgIpc) is 2.37. The molecule has 19 heavy (non-hydrogen) atoms. The first kappa shape index (κ1) is 13.3. The largest absolute Gasteiger partial charge is 0.477 e. The van der Waals surface area contributed by atoms with Crippen molar-refractivity contribution < 1.29 is 14.3 Å². The third kappa shape index (κ3) is 3.41. The summed E-state index contributed by atoms with van der Waals surface area (Å²) < 4.78 is 12.7. The summed E-state index contributed by atoms with van der Waals surface area (Å²) in [6.07, 6.45) is 1.19. The minimum Gasteiger partial charge on any atom is -0.477 e. The molecule has 0 saturated heterocycles. The molecule has 0 spiro atoms. The molecule has 0 aliphatic heterocycles. The smallest absolute Gasteiger partial charge is 0.341 e. The summed E-state index contributed by atoms with van der Waals surface area (Å²) in [6, 6.07) is 6.03. The molecule has 0 fully saturated rings. The van der Waals surface area contributed by atoms with Crippen molar-refractivity contribution in [3.05, 3.63) is 47.7 Å². The standard InChI is InChI=1S/C12H10FN3O2S/c13-7-1-3-8(4-2-7)19-6-10-15-5-9(12(17)18)11(14)16-10/h1-5H,6H2,(H,17,18)(H2,14,15,16). The lowest BCUT2D eigenvalue weighted by atomic mass is 10.3. The fraction of sp³-hybridized carbons (Fsp3) is 0.0833. The molecule has 0 saturated carbocycles. The van der Waals surface area contributed by atoms with Gasteiger partial charge >= 0.3 is 5.97 Å². The number of nitrogen functional groups attached to an aromatic ring is 1. The maximum absolute atomic E-state index is 12.7. The predicted octanol–water partition coefficient (Wildman–Crippen LogP) is 2.19. The molecule has 0 aliphatic carbocycles. The number of rotatable bonds is 4. The van der Waals surface area contributed by atoms with Crippen LogP contribution in [-0.4, -0.2) is 21.0 Å². The fourth-order valence-electron chi connectivity index (χ4n) is 1.35. The first-order valence-electron chi connectivity index (χ1n) is 5.29. The van der Waals surface area contributed by atoms with Crippen LogP contribution in [0.2, 0.25) is 0 Å². The van der Waals surface area contributed by atoms with Crippen molar-refractivity contribution in [3.63, 3.8) is 0 Å². The number of halogens is 1. The number of anilines is 1. The Morgan fingerprint density at radius 2 is 2.05 bits per heavy atom. The van der Waals surface area contributed by atoms with Crippen LogP contribution < -0.4 is 5.73 Å². The normalized spacial score (nSPS) is 10.4. The summed E-state index contributed by atoms with van der Waals surface area (Å²) in [5.41, 5.74) is 5.41. The third-order valence-electron chi connectivity index (χ3n) is 2.28. The predicted molar refractivity (Wildman–Crippen MR) is 69.4 cm³/mol. The lowest BCUT2D eigenvalue weighted by molar-refractivity contribution is 0.0697. The molecule has 0 unspecified atom stereocenters. The molecule has 1 heterocycles. The Bertz CT molecular complexity index is 604. The second-order valence-corrected chi connectivity index (χ2v) is 4.68. The number of thioether (sulfide) groups is 1. The van der Waals surface area contributed by atoms with E-state index in [0.29, 0.717) is 11.6 Å². The van der Waals surface area contributed by atoms with Gasteiger partial charge in [0.05, 0.1) is 5.75 Å². The van der Waals surface area contributed by atoms with Gasteiger partial charge in [-0.2, -0.15) is 0 Å². The van der Waals surface area contributed by atoms with Crippen molar-refractivity contribution in [2.24, 2.45) is 0 Å². The van der Waals surface area contributed by atoms with Crippen LogP contribution in [0.5, 0.6) is 0 Å². The van der Waals surface area contributed by atoms with Crippen LogP contribution >= 0.6 is 11.8 Å². The highest BCUT2D eigenvalue weighted by Crippen LogP contribution is 2.22. The minimum absolute atomic E-state index is 0.0581. The van der Waals surface area contributed by atoms with Crippen LogP contribution in [0.3, 0.4) is 0 Å². The molecule has 0 aliphatic rings. The number of aromatic carboxylic acids is 1. The monoisotopic (exact) mass is 279 g/mol. The number of carboxylic acids is 1. The van der Waals surface area contributed by atoms with Gasteiger partial charge in [-0.15, -0.1) is 11.8 Å². The Balaban J connectivity index is 2.06. The van der Waals surface area contributed by atoms with E-state index in [2.05, 4.69) is 9.97 Å². The maximum Gasteiger partial charge on any atom is 0.341 e. The van der Waals surface area contributed by atoms with Crippen molar-refractivity contribution >= 4 is 23.5 Å². The summed E-state index contributed by atoms with van der Waals surface area (Å²) in [5, 5.41) is 8.79. The average molecular weight is 279 g/mol. The van der Waals surface area contributed by atoms with E-state index in [0.717, 1.165) is 4.90 Å². The van der Waals surface area contributed by atoms with Crippen molar-refractivity contribution in [1.82, 2.24) is 9.97 Å². The first-order chi connectivity index (χ1) is 9.06. The Hall–Kier alpha value is -2.15. The van der Waals surface area contributed by atoms with Gasteiger partial charge < -0.3 is 10.8 Å². The van der Waals surface area contributed by atoms with Crippen LogP contribution in [0, 0.1) is 5.82 Å². The van der Waals surface area contributed by atoms with E-state index in [4.69, 9.17) is 10.8 Å². The molecule has 2 aromatic rings. The molecule has 0 bridgehead atoms. The lowest BCUT2D eigenvalue weighted by Crippen LogP contribution is -2.07. The van der Waals surface area contributed by atoms with Crippen LogP contribution in [0.25, 0.3) is 0 Å². The van der Waals surface area contributed by atoms with Crippen LogP contribution in [0.1, 0.15) is 16.2 Å². The van der Waals surface area contributed by atoms with Gasteiger partial charge in [0.1, 0.15) is 23.0 Å². The van der Waals surface area contributed by atoms with Crippen LogP contribution in [-0.2, 0) is 5.75 Å². The summed E-state index contributed by atoms with van der Waals surface area (Å²) >= 11 is 1.41. The van der Waals surface area contributed by atoms with E-state index < -0.39 is 5.97 Å². The van der Waals surface area contributed by atoms with Crippen molar-refractivity contribution in [1.29, 1.82) is 0 Å². The van der Waals surface area contributed by atoms with E-state index in [9.17, 15) is 9.18 Å². The molecular formula is C12H10FN3O2S. The minimum atomic E-state index is -1.16. The second kappa shape index (κ2) is 5.66. The zero-order chi connectivity index (χ0) is 13.8. The van der Waals surface area contributed by atoms with Gasteiger partial charge in [0.25, 0.3) is 0 Å². The molecule has 5 nitrogen and oxygen atoms in total. The molecule has 98 valence electrons. The molecule has 2 rings (SSSR count). The van der Waals surface area contributed by atoms with Gasteiger partial charge in [0, 0.05) is 11.1 Å². The number of hydrogen-bond acceptors (Lipinski definition) is 5. The number of carbonyl (C=O) groups is 1. The summed E-state index contributed by atoms with van der Waals surface area (Å²) in [6.45, 7) is 0. The zero-order valence-corrected chi connectivity index (χ0v) is 10.5. The van der Waals surface area contributed by atoms with Crippen LogP contribution in [0.4, 0.5) is 10.2 Å². The fourth-order valence-corrected chi connectivity index (χ4v) is 2.11. The summed E-state index contributed by atoms with van der Waals surface area (Å²) in [5.74, 6) is -0.657.